The van der Waals surface area contributed by atoms with Gasteiger partial charge in [0, 0.05) is 13.2 Å². The molecular weight excluding hydrogens is 470 g/mol. The molecule has 15 heteroatoms. The molecule has 0 aliphatic rings. The molecule has 0 spiro atoms. The van der Waals surface area contributed by atoms with Crippen LogP contribution in [0.2, 0.25) is 0 Å². The molecule has 0 N–H and O–H groups in total. The van der Waals surface area contributed by atoms with Gasteiger partial charge in [-0.15, -0.1) is 4.73 Å². The van der Waals surface area contributed by atoms with E-state index in [1.54, 1.807) is 0 Å². The zero-order valence-corrected chi connectivity index (χ0v) is 17.4. The molecule has 8 nitrogen and oxygen atoms in total. The van der Waals surface area contributed by atoms with Gasteiger partial charge in [0.2, 0.25) is 0 Å². The maximum absolute atomic E-state index is 13.3. The van der Waals surface area contributed by atoms with E-state index >= 15 is 0 Å². The van der Waals surface area contributed by atoms with Gasteiger partial charge in [0.15, 0.2) is 21.4 Å². The Kier molecular flexibility index (Phi) is 5.52. The van der Waals surface area contributed by atoms with Crippen LogP contribution in [0.1, 0.15) is 18.2 Å². The fourth-order valence-corrected chi connectivity index (χ4v) is 4.07. The Bertz CT molecular complexity index is 1370. The SMILES string of the molecule is CCS(=O)(=O)c1cc(C(F)(F)F)cnc1-c1nc2cc(C(F)(F)F)n(OC)c(=O)c2n1C. The minimum absolute atomic E-state index is 0.0162. The Morgan fingerprint density at radius 3 is 2.22 bits per heavy atom. The summed E-state index contributed by atoms with van der Waals surface area (Å²) in [7, 11) is -2.25. The summed E-state index contributed by atoms with van der Waals surface area (Å²) in [6.45, 7) is 1.20. The molecule has 0 unspecified atom stereocenters. The van der Waals surface area contributed by atoms with Crippen LogP contribution in [0.3, 0.4) is 0 Å². The molecule has 3 aromatic rings. The Hall–Kier alpha value is -3.10. The van der Waals surface area contributed by atoms with Crippen molar-refractivity contribution in [2.75, 3.05) is 12.9 Å². The summed E-state index contributed by atoms with van der Waals surface area (Å²) >= 11 is 0. The van der Waals surface area contributed by atoms with Gasteiger partial charge < -0.3 is 9.40 Å². The van der Waals surface area contributed by atoms with Crippen LogP contribution in [0.5, 0.6) is 0 Å². The lowest BCUT2D eigenvalue weighted by molar-refractivity contribution is -0.151. The van der Waals surface area contributed by atoms with Gasteiger partial charge in [-0.2, -0.15) is 26.3 Å². The third kappa shape index (κ3) is 3.80. The van der Waals surface area contributed by atoms with Gasteiger partial charge in [-0.25, -0.2) is 13.4 Å². The molecule has 3 heterocycles. The minimum atomic E-state index is -5.00. The Morgan fingerprint density at radius 1 is 1.09 bits per heavy atom. The summed E-state index contributed by atoms with van der Waals surface area (Å²) in [4.78, 5) is 23.8. The van der Waals surface area contributed by atoms with Gasteiger partial charge in [-0.3, -0.25) is 9.78 Å². The molecule has 3 aromatic heterocycles. The van der Waals surface area contributed by atoms with E-state index in [9.17, 15) is 39.6 Å². The number of aromatic nitrogens is 4. The van der Waals surface area contributed by atoms with Crippen LogP contribution >= 0.6 is 0 Å². The van der Waals surface area contributed by atoms with Crippen molar-refractivity contribution >= 4 is 20.9 Å². The van der Waals surface area contributed by atoms with Crippen LogP contribution in [0, 0.1) is 0 Å². The maximum atomic E-state index is 13.3. The average Bonchev–Trinajstić information content (AvgIpc) is 3.02. The molecule has 0 aliphatic carbocycles. The first-order chi connectivity index (χ1) is 14.6. The number of pyridine rings is 2. The van der Waals surface area contributed by atoms with Gasteiger partial charge in [-0.05, 0) is 12.1 Å². The molecule has 0 atom stereocenters. The lowest BCUT2D eigenvalue weighted by Crippen LogP contribution is -2.32. The fourth-order valence-electron chi connectivity index (χ4n) is 3.02. The quantitative estimate of drug-likeness (QED) is 0.529. The number of imidazole rings is 1. The highest BCUT2D eigenvalue weighted by Crippen LogP contribution is 2.35. The predicted molar refractivity (Wildman–Crippen MR) is 98.4 cm³/mol. The second kappa shape index (κ2) is 7.50. The predicted octanol–water partition coefficient (Wildman–Crippen LogP) is 2.69. The monoisotopic (exact) mass is 484 g/mol. The highest BCUT2D eigenvalue weighted by atomic mass is 32.2. The van der Waals surface area contributed by atoms with E-state index in [4.69, 9.17) is 0 Å². The van der Waals surface area contributed by atoms with Crippen molar-refractivity contribution in [1.29, 1.82) is 0 Å². The topological polar surface area (TPSA) is 96.1 Å². The van der Waals surface area contributed by atoms with E-state index in [2.05, 4.69) is 14.8 Å². The molecular formula is C17H14F6N4O4S. The number of hydrogen-bond donors (Lipinski definition) is 0. The fraction of sp³-hybridized carbons (Fsp3) is 0.353. The minimum Gasteiger partial charge on any atom is -0.413 e. The first-order valence-corrected chi connectivity index (χ1v) is 10.3. The molecule has 0 aromatic carbocycles. The second-order valence-electron chi connectivity index (χ2n) is 6.51. The number of rotatable bonds is 4. The van der Waals surface area contributed by atoms with E-state index in [1.165, 1.54) is 14.0 Å². The van der Waals surface area contributed by atoms with E-state index in [0.717, 1.165) is 11.7 Å². The number of halogens is 6. The van der Waals surface area contributed by atoms with Gasteiger partial charge >= 0.3 is 17.9 Å². The standard InChI is InChI=1S/C17H14F6N4O4S/c1-4-32(29,30)10-5-8(16(18,19)20)7-24-12(10)14-25-9-6-11(17(21,22)23)27(31-3)15(28)13(9)26(14)2/h5-7H,4H2,1-3H3. The Balaban J connectivity index is 2.42. The lowest BCUT2D eigenvalue weighted by atomic mass is 10.2. The van der Waals surface area contributed by atoms with Crippen LogP contribution in [-0.2, 0) is 29.2 Å². The largest absolute Gasteiger partial charge is 0.435 e. The van der Waals surface area contributed by atoms with Crippen molar-refractivity contribution in [1.82, 2.24) is 19.3 Å². The molecule has 0 radical (unpaired) electrons. The molecule has 32 heavy (non-hydrogen) atoms. The van der Waals surface area contributed by atoms with Crippen LogP contribution in [-0.4, -0.2) is 40.5 Å². The average molecular weight is 484 g/mol. The van der Waals surface area contributed by atoms with Gasteiger partial charge in [0.25, 0.3) is 0 Å². The number of sulfone groups is 1. The van der Waals surface area contributed by atoms with E-state index in [0.29, 0.717) is 18.3 Å². The third-order valence-electron chi connectivity index (χ3n) is 4.58. The molecule has 174 valence electrons. The molecule has 0 fully saturated rings. The molecule has 0 aliphatic heterocycles. The summed E-state index contributed by atoms with van der Waals surface area (Å²) in [5.74, 6) is -0.999. The van der Waals surface area contributed by atoms with Crippen LogP contribution in [0.4, 0.5) is 26.3 Å². The van der Waals surface area contributed by atoms with E-state index < -0.39 is 72.2 Å². The molecule has 0 saturated heterocycles. The molecule has 3 rings (SSSR count). The molecule has 0 amide bonds. The van der Waals surface area contributed by atoms with Crippen molar-refractivity contribution < 1.29 is 39.6 Å². The second-order valence-corrected chi connectivity index (χ2v) is 8.76. The zero-order valence-electron chi connectivity index (χ0n) is 16.5. The first kappa shape index (κ1) is 23.6. The van der Waals surface area contributed by atoms with E-state index in [-0.39, 0.29) is 4.73 Å². The van der Waals surface area contributed by atoms with Crippen LogP contribution in [0.15, 0.2) is 28.0 Å². The van der Waals surface area contributed by atoms with Gasteiger partial charge in [-0.1, -0.05) is 6.92 Å². The normalized spacial score (nSPS) is 13.0. The van der Waals surface area contributed by atoms with Crippen molar-refractivity contribution in [3.8, 4) is 11.5 Å². The van der Waals surface area contributed by atoms with Gasteiger partial charge in [0.1, 0.15) is 18.3 Å². The van der Waals surface area contributed by atoms with Crippen molar-refractivity contribution in [2.24, 2.45) is 7.05 Å². The number of alkyl halides is 6. The number of nitrogens with zero attached hydrogens (tertiary/aromatic N) is 4. The van der Waals surface area contributed by atoms with Gasteiger partial charge in [0.05, 0.1) is 21.7 Å². The maximum Gasteiger partial charge on any atom is 0.435 e. The number of hydrogen-bond acceptors (Lipinski definition) is 6. The van der Waals surface area contributed by atoms with Crippen molar-refractivity contribution in [2.45, 2.75) is 24.2 Å². The Labute approximate surface area is 175 Å². The lowest BCUT2D eigenvalue weighted by Gasteiger charge is -2.13. The zero-order chi connectivity index (χ0) is 24.2. The van der Waals surface area contributed by atoms with Crippen LogP contribution < -0.4 is 10.4 Å². The summed E-state index contributed by atoms with van der Waals surface area (Å²) in [6.07, 6.45) is -9.52. The highest BCUT2D eigenvalue weighted by molar-refractivity contribution is 7.91. The van der Waals surface area contributed by atoms with E-state index in [1.807, 2.05) is 0 Å². The van der Waals surface area contributed by atoms with Crippen molar-refractivity contribution in [3.05, 3.63) is 39.9 Å². The summed E-state index contributed by atoms with van der Waals surface area (Å²) in [5.41, 5.74) is -5.51. The number of aryl methyl sites for hydroxylation is 1. The summed E-state index contributed by atoms with van der Waals surface area (Å²) in [6, 6.07) is 0.872. The highest BCUT2D eigenvalue weighted by Gasteiger charge is 2.38. The smallest absolute Gasteiger partial charge is 0.413 e. The number of fused-ring (bicyclic) bond motifs is 1. The summed E-state index contributed by atoms with van der Waals surface area (Å²) < 4.78 is 105. The third-order valence-corrected chi connectivity index (χ3v) is 6.32. The summed E-state index contributed by atoms with van der Waals surface area (Å²) in [5, 5.41) is 0. The van der Waals surface area contributed by atoms with Crippen LogP contribution in [0.25, 0.3) is 22.6 Å². The molecule has 0 bridgehead atoms. The Morgan fingerprint density at radius 2 is 1.72 bits per heavy atom. The van der Waals surface area contributed by atoms with Crippen molar-refractivity contribution in [3.63, 3.8) is 0 Å². The first-order valence-electron chi connectivity index (χ1n) is 8.68. The molecule has 0 saturated carbocycles.